The topological polar surface area (TPSA) is 119 Å². The summed E-state index contributed by atoms with van der Waals surface area (Å²) in [5.41, 5.74) is 5.35. The van der Waals surface area contributed by atoms with Gasteiger partial charge >= 0.3 is 5.97 Å². The predicted molar refractivity (Wildman–Crippen MR) is 157 cm³/mol. The normalized spacial score (nSPS) is 11.9. The molecule has 1 atom stereocenters. The van der Waals surface area contributed by atoms with Gasteiger partial charge in [-0.2, -0.15) is 0 Å². The van der Waals surface area contributed by atoms with E-state index in [9.17, 15) is 20.1 Å². The molecule has 0 spiro atoms. The summed E-state index contributed by atoms with van der Waals surface area (Å²) in [6.45, 7) is 2.56. The molecule has 216 valence electrons. The molecule has 0 heterocycles. The van der Waals surface area contributed by atoms with Crippen LogP contribution in [0.1, 0.15) is 66.9 Å². The Labute approximate surface area is 237 Å². The van der Waals surface area contributed by atoms with Crippen molar-refractivity contribution in [2.24, 2.45) is 0 Å². The minimum atomic E-state index is -0.819. The molecule has 0 aliphatic carbocycles. The fourth-order valence-corrected chi connectivity index (χ4v) is 4.68. The van der Waals surface area contributed by atoms with Gasteiger partial charge in [-0.25, -0.2) is 0 Å². The molecular weight excluding hydrogens is 506 g/mol. The summed E-state index contributed by atoms with van der Waals surface area (Å²) in [7, 11) is 0. The fourth-order valence-electron chi connectivity index (χ4n) is 4.68. The number of aliphatic hydroxyl groups excluding tert-OH is 2. The molecule has 7 heteroatoms. The number of hydrogen-bond donors (Lipinski definition) is 5. The third-order valence-corrected chi connectivity index (χ3v) is 6.94. The number of nitrogens with one attached hydrogen (secondary N) is 1. The molecule has 0 bridgehead atoms. The van der Waals surface area contributed by atoms with Gasteiger partial charge in [0, 0.05) is 25.3 Å². The van der Waals surface area contributed by atoms with Crippen LogP contribution in [0.5, 0.6) is 5.75 Å². The fraction of sp³-hybridized carbons (Fsp3) is 0.424. The molecule has 0 saturated carbocycles. The van der Waals surface area contributed by atoms with Gasteiger partial charge in [-0.15, -0.1) is 0 Å². The van der Waals surface area contributed by atoms with Crippen LogP contribution in [0, 0.1) is 0 Å². The van der Waals surface area contributed by atoms with Gasteiger partial charge in [-0.1, -0.05) is 67.4 Å². The van der Waals surface area contributed by atoms with Crippen LogP contribution >= 0.6 is 0 Å². The highest BCUT2D eigenvalue weighted by molar-refractivity contribution is 5.72. The average molecular weight is 550 g/mol. The first-order chi connectivity index (χ1) is 19.5. The molecular formula is C33H43NO6. The molecule has 0 aromatic heterocycles. The molecule has 3 aromatic carbocycles. The lowest BCUT2D eigenvalue weighted by Gasteiger charge is -2.14. The number of rotatable bonds is 19. The van der Waals surface area contributed by atoms with Crippen LogP contribution in [-0.4, -0.2) is 52.7 Å². The van der Waals surface area contributed by atoms with Crippen molar-refractivity contribution in [1.82, 2.24) is 5.32 Å². The van der Waals surface area contributed by atoms with Crippen molar-refractivity contribution in [3.8, 4) is 16.9 Å². The quantitative estimate of drug-likeness (QED) is 0.127. The van der Waals surface area contributed by atoms with E-state index in [0.717, 1.165) is 81.4 Å². The van der Waals surface area contributed by atoms with Gasteiger partial charge in [-0.05, 0) is 78.6 Å². The SMILES string of the molecule is O=C(O)Cc1cccc(-c2cccc(CCCCOCCCCCCNCC(O)c3ccc(O)c(CO)c3)c2)c1. The second kappa shape index (κ2) is 17.5. The molecule has 5 N–H and O–H groups in total. The van der Waals surface area contributed by atoms with Gasteiger partial charge in [0.1, 0.15) is 5.75 Å². The molecule has 40 heavy (non-hydrogen) atoms. The highest BCUT2D eigenvalue weighted by Gasteiger charge is 2.10. The summed E-state index contributed by atoms with van der Waals surface area (Å²) in [4.78, 5) is 11.0. The standard InChI is InChI=1S/C33H43NO6/c35-24-30-22-29(14-15-31(30)36)32(37)23-34-16-4-1-2-5-17-40-18-6-3-9-25-10-7-12-27(19-25)28-13-8-11-26(20-28)21-33(38)39/h7-8,10-15,19-20,22,32,34-37H,1-6,9,16-18,21,23-24H2,(H,38,39). The number of carbonyl (C=O) groups is 1. The number of carboxylic acid groups (broad SMARTS) is 1. The van der Waals surface area contributed by atoms with Crippen LogP contribution in [0.3, 0.4) is 0 Å². The second-order valence-corrected chi connectivity index (χ2v) is 10.2. The van der Waals surface area contributed by atoms with Gasteiger partial charge < -0.3 is 30.5 Å². The maximum absolute atomic E-state index is 11.0. The minimum Gasteiger partial charge on any atom is -0.508 e. The Balaban J connectivity index is 1.19. The third kappa shape index (κ3) is 11.1. The number of aliphatic hydroxyl groups is 2. The molecule has 0 aliphatic heterocycles. The summed E-state index contributed by atoms with van der Waals surface area (Å²) >= 11 is 0. The summed E-state index contributed by atoms with van der Waals surface area (Å²) in [6.07, 6.45) is 6.73. The zero-order valence-electron chi connectivity index (χ0n) is 23.2. The van der Waals surface area contributed by atoms with Crippen LogP contribution in [0.2, 0.25) is 0 Å². The van der Waals surface area contributed by atoms with Gasteiger partial charge in [0.15, 0.2) is 0 Å². The molecule has 3 aromatic rings. The number of phenols is 1. The zero-order chi connectivity index (χ0) is 28.6. The van der Waals surface area contributed by atoms with Gasteiger partial charge in [-0.3, -0.25) is 4.79 Å². The highest BCUT2D eigenvalue weighted by Crippen LogP contribution is 2.23. The Hall–Kier alpha value is -3.23. The Morgan fingerprint density at radius 1 is 0.825 bits per heavy atom. The largest absolute Gasteiger partial charge is 0.508 e. The Bertz CT molecular complexity index is 1180. The number of carboxylic acids is 1. The lowest BCUT2D eigenvalue weighted by atomic mass is 9.98. The number of hydrogen-bond acceptors (Lipinski definition) is 6. The first-order valence-electron chi connectivity index (χ1n) is 14.3. The van der Waals surface area contributed by atoms with Crippen molar-refractivity contribution in [2.75, 3.05) is 26.3 Å². The van der Waals surface area contributed by atoms with Crippen molar-refractivity contribution in [2.45, 2.75) is 64.1 Å². The van der Waals surface area contributed by atoms with Crippen molar-refractivity contribution >= 4 is 5.97 Å². The van der Waals surface area contributed by atoms with Crippen LogP contribution in [0.15, 0.2) is 66.7 Å². The Morgan fingerprint density at radius 2 is 1.50 bits per heavy atom. The molecule has 0 saturated heterocycles. The highest BCUT2D eigenvalue weighted by atomic mass is 16.5. The Kier molecular flexibility index (Phi) is 13.7. The van der Waals surface area contributed by atoms with Crippen molar-refractivity contribution in [3.63, 3.8) is 0 Å². The monoisotopic (exact) mass is 549 g/mol. The van der Waals surface area contributed by atoms with Gasteiger partial charge in [0.2, 0.25) is 0 Å². The van der Waals surface area contributed by atoms with Crippen LogP contribution in [-0.2, 0) is 29.0 Å². The van der Waals surface area contributed by atoms with E-state index in [0.29, 0.717) is 17.7 Å². The molecule has 0 fully saturated rings. The van der Waals surface area contributed by atoms with Crippen LogP contribution < -0.4 is 5.32 Å². The third-order valence-electron chi connectivity index (χ3n) is 6.94. The van der Waals surface area contributed by atoms with E-state index < -0.39 is 12.1 Å². The van der Waals surface area contributed by atoms with Crippen LogP contribution in [0.4, 0.5) is 0 Å². The number of ether oxygens (including phenoxy) is 1. The van der Waals surface area contributed by atoms with Gasteiger partial charge in [0.05, 0.1) is 19.1 Å². The minimum absolute atomic E-state index is 0.0344. The van der Waals surface area contributed by atoms with Gasteiger partial charge in [0.25, 0.3) is 0 Å². The first kappa shape index (κ1) is 31.3. The van der Waals surface area contributed by atoms with E-state index in [1.807, 2.05) is 24.3 Å². The summed E-state index contributed by atoms with van der Waals surface area (Å²) in [6, 6.07) is 21.0. The smallest absolute Gasteiger partial charge is 0.307 e. The first-order valence-corrected chi connectivity index (χ1v) is 14.3. The zero-order valence-corrected chi connectivity index (χ0v) is 23.2. The van der Waals surface area contributed by atoms with E-state index in [2.05, 4.69) is 29.6 Å². The van der Waals surface area contributed by atoms with Crippen molar-refractivity contribution in [3.05, 3.63) is 89.0 Å². The second-order valence-electron chi connectivity index (χ2n) is 10.2. The van der Waals surface area contributed by atoms with Crippen LogP contribution in [0.25, 0.3) is 11.1 Å². The molecule has 7 nitrogen and oxygen atoms in total. The van der Waals surface area contributed by atoms with Crippen molar-refractivity contribution in [1.29, 1.82) is 0 Å². The summed E-state index contributed by atoms with van der Waals surface area (Å²) in [5.74, 6) is -0.780. The molecule has 0 aliphatic rings. The number of aryl methyl sites for hydroxylation is 1. The number of aliphatic carboxylic acids is 1. The average Bonchev–Trinajstić information content (AvgIpc) is 2.95. The molecule has 3 rings (SSSR count). The lowest BCUT2D eigenvalue weighted by Crippen LogP contribution is -2.22. The number of benzene rings is 3. The van der Waals surface area contributed by atoms with E-state index in [-0.39, 0.29) is 18.8 Å². The van der Waals surface area contributed by atoms with E-state index in [4.69, 9.17) is 9.84 Å². The molecule has 0 amide bonds. The lowest BCUT2D eigenvalue weighted by molar-refractivity contribution is -0.136. The van der Waals surface area contributed by atoms with E-state index >= 15 is 0 Å². The maximum Gasteiger partial charge on any atom is 0.307 e. The Morgan fingerprint density at radius 3 is 2.23 bits per heavy atom. The summed E-state index contributed by atoms with van der Waals surface area (Å²) < 4.78 is 5.81. The van der Waals surface area contributed by atoms with E-state index in [1.165, 1.54) is 11.6 Å². The number of aromatic hydroxyl groups is 1. The molecule has 0 radical (unpaired) electrons. The molecule has 1 unspecified atom stereocenters. The van der Waals surface area contributed by atoms with Crippen molar-refractivity contribution < 1.29 is 30.0 Å². The van der Waals surface area contributed by atoms with E-state index in [1.54, 1.807) is 12.1 Å². The number of unbranched alkanes of at least 4 members (excludes halogenated alkanes) is 4. The summed E-state index contributed by atoms with van der Waals surface area (Å²) in [5, 5.41) is 41.5. The predicted octanol–water partition coefficient (Wildman–Crippen LogP) is 5.40. The maximum atomic E-state index is 11.0.